The second-order valence-electron chi connectivity index (χ2n) is 7.77. The molecule has 0 bridgehead atoms. The van der Waals surface area contributed by atoms with Crippen LogP contribution < -0.4 is 22.5 Å². The SMILES string of the molecule is NC[C@@H]1O[C@H](O[C@H]2[C@@H](O)[C@@H](O)[C@@H](N)C[C@H]2N)[C@H](NC(=O)c2ccccc2)[C@H](O)[C@@H]1O. The number of benzene rings is 1. The van der Waals surface area contributed by atoms with Gasteiger partial charge in [-0.15, -0.1) is 0 Å². The van der Waals surface area contributed by atoms with Gasteiger partial charge in [-0.1, -0.05) is 18.2 Å². The van der Waals surface area contributed by atoms with Crippen LogP contribution in [0.2, 0.25) is 0 Å². The number of carbonyl (C=O) groups excluding carboxylic acids is 1. The van der Waals surface area contributed by atoms with Crippen LogP contribution in [-0.4, -0.2) is 93.9 Å². The standard InChI is InChI=1S/C19H30N4O7/c20-7-11-14(25)15(26)12(23-18(28)8-4-2-1-3-5-8)19(29-11)30-17-10(22)6-9(21)13(24)16(17)27/h1-5,9-17,19,24-27H,6-7,20-22H2,(H,23,28)/t9-,10+,11-,12+,13-,14+,15-,16-,17+,19+/m0/s1. The predicted octanol–water partition coefficient (Wildman–Crippen LogP) is -3.64. The number of nitrogens with two attached hydrogens (primary N) is 3. The fraction of sp³-hybridized carbons (Fsp3) is 0.632. The molecule has 0 unspecified atom stereocenters. The number of aliphatic hydroxyl groups is 4. The molecule has 2 fully saturated rings. The first-order valence-corrected chi connectivity index (χ1v) is 9.85. The zero-order valence-electron chi connectivity index (χ0n) is 16.3. The maximum Gasteiger partial charge on any atom is 0.251 e. The molecule has 1 saturated heterocycles. The Balaban J connectivity index is 1.81. The Morgan fingerprint density at radius 3 is 2.33 bits per heavy atom. The lowest BCUT2D eigenvalue weighted by atomic mass is 9.84. The van der Waals surface area contributed by atoms with Gasteiger partial charge in [0.2, 0.25) is 0 Å². The second kappa shape index (κ2) is 9.64. The Kier molecular flexibility index (Phi) is 7.39. The average molecular weight is 426 g/mol. The molecule has 1 aromatic rings. The molecule has 1 amide bonds. The first kappa shape index (κ1) is 23.0. The highest BCUT2D eigenvalue weighted by atomic mass is 16.7. The molecule has 11 N–H and O–H groups in total. The molecule has 30 heavy (non-hydrogen) atoms. The van der Waals surface area contributed by atoms with E-state index in [9.17, 15) is 25.2 Å². The van der Waals surface area contributed by atoms with Crippen molar-refractivity contribution in [2.45, 2.75) is 67.5 Å². The van der Waals surface area contributed by atoms with E-state index in [1.54, 1.807) is 30.3 Å². The fourth-order valence-corrected chi connectivity index (χ4v) is 3.85. The summed E-state index contributed by atoms with van der Waals surface area (Å²) in [7, 11) is 0. The lowest BCUT2D eigenvalue weighted by Gasteiger charge is -2.46. The molecule has 11 heteroatoms. The van der Waals surface area contributed by atoms with Gasteiger partial charge in [0.05, 0.1) is 6.10 Å². The summed E-state index contributed by atoms with van der Waals surface area (Å²) >= 11 is 0. The summed E-state index contributed by atoms with van der Waals surface area (Å²) in [6.07, 6.45) is -8.68. The van der Waals surface area contributed by atoms with Crippen molar-refractivity contribution in [2.75, 3.05) is 6.54 Å². The maximum absolute atomic E-state index is 12.6. The monoisotopic (exact) mass is 426 g/mol. The van der Waals surface area contributed by atoms with Crippen molar-refractivity contribution >= 4 is 5.91 Å². The number of hydrogen-bond donors (Lipinski definition) is 8. The van der Waals surface area contributed by atoms with Crippen LogP contribution in [0.25, 0.3) is 0 Å². The van der Waals surface area contributed by atoms with Gasteiger partial charge < -0.3 is 52.4 Å². The highest BCUT2D eigenvalue weighted by molar-refractivity contribution is 5.94. The number of hydrogen-bond acceptors (Lipinski definition) is 10. The molecule has 1 saturated carbocycles. The summed E-state index contributed by atoms with van der Waals surface area (Å²) in [4.78, 5) is 12.6. The van der Waals surface area contributed by atoms with Gasteiger partial charge in [0.25, 0.3) is 5.91 Å². The summed E-state index contributed by atoms with van der Waals surface area (Å²) in [6.45, 7) is -0.121. The van der Waals surface area contributed by atoms with Crippen molar-refractivity contribution in [1.82, 2.24) is 5.32 Å². The Morgan fingerprint density at radius 2 is 1.70 bits per heavy atom. The number of rotatable bonds is 5. The molecule has 0 aromatic heterocycles. The second-order valence-corrected chi connectivity index (χ2v) is 7.77. The Morgan fingerprint density at radius 1 is 1.03 bits per heavy atom. The highest BCUT2D eigenvalue weighted by Gasteiger charge is 2.49. The van der Waals surface area contributed by atoms with Gasteiger partial charge in [-0.25, -0.2) is 0 Å². The lowest BCUT2D eigenvalue weighted by Crippen LogP contribution is -2.68. The van der Waals surface area contributed by atoms with E-state index in [1.165, 1.54) is 0 Å². The van der Waals surface area contributed by atoms with Crippen LogP contribution >= 0.6 is 0 Å². The normalized spacial score (nSPS) is 42.0. The van der Waals surface area contributed by atoms with E-state index < -0.39 is 66.9 Å². The Labute approximate surface area is 173 Å². The van der Waals surface area contributed by atoms with E-state index >= 15 is 0 Å². The van der Waals surface area contributed by atoms with Crippen molar-refractivity contribution in [2.24, 2.45) is 17.2 Å². The van der Waals surface area contributed by atoms with Gasteiger partial charge in [0, 0.05) is 24.2 Å². The molecule has 1 aliphatic carbocycles. The topological polar surface area (TPSA) is 207 Å². The molecule has 11 nitrogen and oxygen atoms in total. The predicted molar refractivity (Wildman–Crippen MR) is 105 cm³/mol. The van der Waals surface area contributed by atoms with Crippen LogP contribution in [0, 0.1) is 0 Å². The van der Waals surface area contributed by atoms with Crippen LogP contribution in [0.3, 0.4) is 0 Å². The van der Waals surface area contributed by atoms with Crippen molar-refractivity contribution in [3.8, 4) is 0 Å². The molecule has 0 radical (unpaired) electrons. The van der Waals surface area contributed by atoms with E-state index in [2.05, 4.69) is 5.32 Å². The first-order valence-electron chi connectivity index (χ1n) is 9.85. The van der Waals surface area contributed by atoms with Gasteiger partial charge in [0.1, 0.15) is 36.6 Å². The summed E-state index contributed by atoms with van der Waals surface area (Å²) in [5.74, 6) is -0.522. The summed E-state index contributed by atoms with van der Waals surface area (Å²) in [5.41, 5.74) is 17.8. The van der Waals surface area contributed by atoms with Crippen molar-refractivity contribution in [1.29, 1.82) is 0 Å². The molecule has 3 rings (SSSR count). The third kappa shape index (κ3) is 4.64. The zero-order valence-corrected chi connectivity index (χ0v) is 16.3. The lowest BCUT2D eigenvalue weighted by molar-refractivity contribution is -0.290. The van der Waals surface area contributed by atoms with Gasteiger partial charge in [-0.3, -0.25) is 4.79 Å². The number of aliphatic hydroxyl groups excluding tert-OH is 4. The minimum atomic E-state index is -1.46. The Bertz CT molecular complexity index is 711. The summed E-state index contributed by atoms with van der Waals surface area (Å²) in [6, 6.07) is 5.63. The zero-order chi connectivity index (χ0) is 22.0. The first-order chi connectivity index (χ1) is 14.2. The van der Waals surface area contributed by atoms with E-state index in [0.29, 0.717) is 5.56 Å². The quantitative estimate of drug-likeness (QED) is 0.232. The van der Waals surface area contributed by atoms with Crippen LogP contribution in [0.5, 0.6) is 0 Å². The van der Waals surface area contributed by atoms with Gasteiger partial charge in [-0.05, 0) is 18.6 Å². The van der Waals surface area contributed by atoms with Crippen LogP contribution in [0.15, 0.2) is 30.3 Å². The molecular formula is C19H30N4O7. The van der Waals surface area contributed by atoms with E-state index in [1.807, 2.05) is 0 Å². The maximum atomic E-state index is 12.6. The molecule has 10 atom stereocenters. The average Bonchev–Trinajstić information content (AvgIpc) is 2.74. The van der Waals surface area contributed by atoms with E-state index in [4.69, 9.17) is 26.7 Å². The number of ether oxygens (including phenoxy) is 2. The van der Waals surface area contributed by atoms with Gasteiger partial charge in [-0.2, -0.15) is 0 Å². The highest BCUT2D eigenvalue weighted by Crippen LogP contribution is 2.28. The number of nitrogens with one attached hydrogen (secondary N) is 1. The fourth-order valence-electron chi connectivity index (χ4n) is 3.85. The minimum absolute atomic E-state index is 0.121. The Hall–Kier alpha value is -1.67. The van der Waals surface area contributed by atoms with E-state index in [0.717, 1.165) is 0 Å². The van der Waals surface area contributed by atoms with Gasteiger partial charge in [0.15, 0.2) is 6.29 Å². The molecule has 1 aromatic carbocycles. The van der Waals surface area contributed by atoms with Crippen LogP contribution in [0.1, 0.15) is 16.8 Å². The largest absolute Gasteiger partial charge is 0.389 e. The molecule has 1 aliphatic heterocycles. The number of carbonyl (C=O) groups is 1. The van der Waals surface area contributed by atoms with E-state index in [-0.39, 0.29) is 13.0 Å². The third-order valence-corrected chi connectivity index (χ3v) is 5.65. The smallest absolute Gasteiger partial charge is 0.251 e. The van der Waals surface area contributed by atoms with Crippen molar-refractivity contribution in [3.63, 3.8) is 0 Å². The molecule has 2 aliphatic rings. The molecule has 0 spiro atoms. The van der Waals surface area contributed by atoms with Gasteiger partial charge >= 0.3 is 0 Å². The summed E-state index contributed by atoms with van der Waals surface area (Å²) in [5, 5.41) is 44.0. The molecule has 1 heterocycles. The third-order valence-electron chi connectivity index (χ3n) is 5.65. The van der Waals surface area contributed by atoms with Crippen molar-refractivity contribution in [3.05, 3.63) is 35.9 Å². The molecular weight excluding hydrogens is 396 g/mol. The number of amides is 1. The van der Waals surface area contributed by atoms with Crippen molar-refractivity contribution < 1.29 is 34.7 Å². The summed E-state index contributed by atoms with van der Waals surface area (Å²) < 4.78 is 11.5. The molecule has 168 valence electrons. The minimum Gasteiger partial charge on any atom is -0.389 e. The van der Waals surface area contributed by atoms with Crippen LogP contribution in [-0.2, 0) is 9.47 Å². The van der Waals surface area contributed by atoms with Crippen LogP contribution in [0.4, 0.5) is 0 Å².